The summed E-state index contributed by atoms with van der Waals surface area (Å²) in [4.78, 5) is 4.37. The molecule has 0 fully saturated rings. The van der Waals surface area contributed by atoms with Gasteiger partial charge in [-0.3, -0.25) is 4.98 Å². The van der Waals surface area contributed by atoms with Crippen LogP contribution in [0.15, 0.2) is 36.5 Å². The fourth-order valence-electron chi connectivity index (χ4n) is 1.50. The normalized spacial score (nSPS) is 10.3. The van der Waals surface area contributed by atoms with E-state index in [1.54, 1.807) is 0 Å². The summed E-state index contributed by atoms with van der Waals surface area (Å²) in [7, 11) is 0. The quantitative estimate of drug-likeness (QED) is 0.859. The topological polar surface area (TPSA) is 24.9 Å². The molecule has 2 aromatic rings. The smallest absolute Gasteiger partial charge is 0.0594 e. The summed E-state index contributed by atoms with van der Waals surface area (Å²) < 4.78 is 1.28. The number of hydrogen-bond donors (Lipinski definition) is 1. The fourth-order valence-corrected chi connectivity index (χ4v) is 2.01. The van der Waals surface area contributed by atoms with Crippen molar-refractivity contribution in [3.05, 3.63) is 56.9 Å². The van der Waals surface area contributed by atoms with Crippen LogP contribution in [0.2, 0.25) is 0 Å². The molecular weight excluding hydrogens is 323 g/mol. The number of aryl methyl sites for hydroxylation is 2. The standard InChI is InChI=1S/C14H15IN2/c1-10-3-5-13(16-8-10)9-17-12-6-4-11(2)14(15)7-12/h3-8,17H,9H2,1-2H3. The molecule has 0 radical (unpaired) electrons. The Hall–Kier alpha value is -1.10. The highest BCUT2D eigenvalue weighted by Crippen LogP contribution is 2.17. The van der Waals surface area contributed by atoms with Crippen molar-refractivity contribution in [2.45, 2.75) is 20.4 Å². The molecule has 0 aliphatic carbocycles. The van der Waals surface area contributed by atoms with Crippen LogP contribution in [0.5, 0.6) is 0 Å². The number of nitrogens with one attached hydrogen (secondary N) is 1. The maximum atomic E-state index is 4.37. The molecule has 0 atom stereocenters. The van der Waals surface area contributed by atoms with E-state index < -0.39 is 0 Å². The lowest BCUT2D eigenvalue weighted by Crippen LogP contribution is -2.01. The van der Waals surface area contributed by atoms with Crippen LogP contribution in [-0.2, 0) is 6.54 Å². The van der Waals surface area contributed by atoms with E-state index in [1.807, 2.05) is 13.1 Å². The van der Waals surface area contributed by atoms with Crippen LogP contribution < -0.4 is 5.32 Å². The van der Waals surface area contributed by atoms with Gasteiger partial charge >= 0.3 is 0 Å². The molecule has 0 bridgehead atoms. The Morgan fingerprint density at radius 3 is 2.65 bits per heavy atom. The van der Waals surface area contributed by atoms with Crippen LogP contribution in [-0.4, -0.2) is 4.98 Å². The van der Waals surface area contributed by atoms with Gasteiger partial charge in [-0.1, -0.05) is 12.1 Å². The van der Waals surface area contributed by atoms with E-state index in [9.17, 15) is 0 Å². The van der Waals surface area contributed by atoms with Crippen LogP contribution in [0.3, 0.4) is 0 Å². The van der Waals surface area contributed by atoms with Crippen LogP contribution >= 0.6 is 22.6 Å². The van der Waals surface area contributed by atoms with Gasteiger partial charge in [-0.15, -0.1) is 0 Å². The minimum Gasteiger partial charge on any atom is -0.379 e. The van der Waals surface area contributed by atoms with Crippen molar-refractivity contribution in [1.29, 1.82) is 0 Å². The molecule has 17 heavy (non-hydrogen) atoms. The minimum absolute atomic E-state index is 0.763. The summed E-state index contributed by atoms with van der Waals surface area (Å²) in [6, 6.07) is 10.5. The Bertz CT molecular complexity index is 506. The van der Waals surface area contributed by atoms with Crippen molar-refractivity contribution >= 4 is 28.3 Å². The third-order valence-corrected chi connectivity index (χ3v) is 3.78. The Morgan fingerprint density at radius 2 is 2.00 bits per heavy atom. The maximum Gasteiger partial charge on any atom is 0.0594 e. The SMILES string of the molecule is Cc1ccc(CNc2ccc(C)c(I)c2)nc1. The average Bonchev–Trinajstić information content (AvgIpc) is 2.33. The molecule has 0 amide bonds. The number of halogens is 1. The van der Waals surface area contributed by atoms with Crippen LogP contribution in [0.1, 0.15) is 16.8 Å². The predicted octanol–water partition coefficient (Wildman–Crippen LogP) is 3.92. The monoisotopic (exact) mass is 338 g/mol. The van der Waals surface area contributed by atoms with Crippen LogP contribution in [0, 0.1) is 17.4 Å². The Balaban J connectivity index is 2.02. The van der Waals surface area contributed by atoms with Crippen molar-refractivity contribution in [2.75, 3.05) is 5.32 Å². The second kappa shape index (κ2) is 5.49. The average molecular weight is 338 g/mol. The molecule has 1 aromatic heterocycles. The van der Waals surface area contributed by atoms with Gasteiger partial charge in [0, 0.05) is 15.5 Å². The number of rotatable bonds is 3. The highest BCUT2D eigenvalue weighted by atomic mass is 127. The Labute approximate surface area is 116 Å². The van der Waals surface area contributed by atoms with Gasteiger partial charge < -0.3 is 5.32 Å². The number of pyridine rings is 1. The lowest BCUT2D eigenvalue weighted by molar-refractivity contribution is 1.04. The van der Waals surface area contributed by atoms with E-state index in [0.717, 1.165) is 17.9 Å². The second-order valence-electron chi connectivity index (χ2n) is 4.14. The first-order chi connectivity index (χ1) is 8.15. The van der Waals surface area contributed by atoms with E-state index in [0.29, 0.717) is 0 Å². The molecule has 0 aliphatic heterocycles. The van der Waals surface area contributed by atoms with Crippen molar-refractivity contribution < 1.29 is 0 Å². The molecule has 1 aromatic carbocycles. The first-order valence-corrected chi connectivity index (χ1v) is 6.64. The lowest BCUT2D eigenvalue weighted by Gasteiger charge is -2.07. The summed E-state index contributed by atoms with van der Waals surface area (Å²) in [5, 5.41) is 3.38. The number of hydrogen-bond acceptors (Lipinski definition) is 2. The molecule has 3 heteroatoms. The summed E-state index contributed by atoms with van der Waals surface area (Å²) in [5.74, 6) is 0. The van der Waals surface area contributed by atoms with Gasteiger partial charge in [-0.25, -0.2) is 0 Å². The number of nitrogens with zero attached hydrogens (tertiary/aromatic N) is 1. The molecule has 0 spiro atoms. The zero-order chi connectivity index (χ0) is 12.3. The minimum atomic E-state index is 0.763. The fraction of sp³-hybridized carbons (Fsp3) is 0.214. The van der Waals surface area contributed by atoms with Gasteiger partial charge in [-0.05, 0) is 65.8 Å². The van der Waals surface area contributed by atoms with E-state index >= 15 is 0 Å². The van der Waals surface area contributed by atoms with E-state index in [2.05, 4.69) is 70.1 Å². The summed E-state index contributed by atoms with van der Waals surface area (Å²) >= 11 is 2.35. The second-order valence-corrected chi connectivity index (χ2v) is 5.31. The summed E-state index contributed by atoms with van der Waals surface area (Å²) in [5.41, 5.74) is 4.71. The van der Waals surface area contributed by atoms with Crippen molar-refractivity contribution in [2.24, 2.45) is 0 Å². The molecule has 0 unspecified atom stereocenters. The van der Waals surface area contributed by atoms with Crippen LogP contribution in [0.4, 0.5) is 5.69 Å². The first kappa shape index (κ1) is 12.4. The maximum absolute atomic E-state index is 4.37. The molecule has 1 heterocycles. The third-order valence-electron chi connectivity index (χ3n) is 2.62. The molecule has 2 rings (SSSR count). The number of aromatic nitrogens is 1. The largest absolute Gasteiger partial charge is 0.379 e. The van der Waals surface area contributed by atoms with E-state index in [1.165, 1.54) is 14.7 Å². The van der Waals surface area contributed by atoms with Crippen molar-refractivity contribution in [3.63, 3.8) is 0 Å². The molecular formula is C14H15IN2. The van der Waals surface area contributed by atoms with Gasteiger partial charge in [0.15, 0.2) is 0 Å². The van der Waals surface area contributed by atoms with Crippen molar-refractivity contribution in [3.8, 4) is 0 Å². The van der Waals surface area contributed by atoms with Crippen LogP contribution in [0.25, 0.3) is 0 Å². The van der Waals surface area contributed by atoms with Gasteiger partial charge in [0.2, 0.25) is 0 Å². The van der Waals surface area contributed by atoms with Gasteiger partial charge in [0.05, 0.1) is 12.2 Å². The highest BCUT2D eigenvalue weighted by molar-refractivity contribution is 14.1. The zero-order valence-electron chi connectivity index (χ0n) is 10.00. The number of anilines is 1. The van der Waals surface area contributed by atoms with E-state index in [-0.39, 0.29) is 0 Å². The lowest BCUT2D eigenvalue weighted by atomic mass is 10.2. The molecule has 0 saturated heterocycles. The Kier molecular flexibility index (Phi) is 3.99. The summed E-state index contributed by atoms with van der Waals surface area (Å²) in [6.45, 7) is 4.93. The molecule has 1 N–H and O–H groups in total. The zero-order valence-corrected chi connectivity index (χ0v) is 12.2. The molecule has 2 nitrogen and oxygen atoms in total. The van der Waals surface area contributed by atoms with Gasteiger partial charge in [-0.2, -0.15) is 0 Å². The Morgan fingerprint density at radius 1 is 1.18 bits per heavy atom. The first-order valence-electron chi connectivity index (χ1n) is 5.57. The molecule has 0 aliphatic rings. The predicted molar refractivity (Wildman–Crippen MR) is 80.2 cm³/mol. The van der Waals surface area contributed by atoms with Gasteiger partial charge in [0.1, 0.15) is 0 Å². The van der Waals surface area contributed by atoms with E-state index in [4.69, 9.17) is 0 Å². The van der Waals surface area contributed by atoms with Gasteiger partial charge in [0.25, 0.3) is 0 Å². The molecule has 88 valence electrons. The number of benzene rings is 1. The van der Waals surface area contributed by atoms with Crippen molar-refractivity contribution in [1.82, 2.24) is 4.98 Å². The summed E-state index contributed by atoms with van der Waals surface area (Å²) in [6.07, 6.45) is 1.90. The highest BCUT2D eigenvalue weighted by Gasteiger charge is 1.98. The molecule has 0 saturated carbocycles. The third kappa shape index (κ3) is 3.43.